The third-order valence-electron chi connectivity index (χ3n) is 1.83. The van der Waals surface area contributed by atoms with Gasteiger partial charge in [-0.1, -0.05) is 5.21 Å². The maximum Gasteiger partial charge on any atom is 0.241 e. The van der Waals surface area contributed by atoms with Crippen LogP contribution in [0.5, 0.6) is 0 Å². The summed E-state index contributed by atoms with van der Waals surface area (Å²) in [6.45, 7) is 1.23. The molecule has 0 aliphatic rings. The van der Waals surface area contributed by atoms with Crippen LogP contribution in [0.15, 0.2) is 6.20 Å². The highest BCUT2D eigenvalue weighted by atomic mass is 16.5. The minimum Gasteiger partial charge on any atom is -0.385 e. The monoisotopic (exact) mass is 226 g/mol. The molecule has 1 rings (SSSR count). The molecule has 7 nitrogen and oxygen atoms in total. The standard InChI is InChI=1S/C9H14N4O3/c1-16-4-2-3-10-9(15)6-13-5-8(7-14)11-12-13/h5,7H,2-4,6H2,1H3,(H,10,15). The number of hydrogen-bond acceptors (Lipinski definition) is 5. The van der Waals surface area contributed by atoms with Crippen molar-refractivity contribution in [2.75, 3.05) is 20.3 Å². The molecule has 0 radical (unpaired) electrons. The topological polar surface area (TPSA) is 86.1 Å². The first kappa shape index (κ1) is 12.3. The maximum absolute atomic E-state index is 11.3. The number of hydrogen-bond donors (Lipinski definition) is 1. The summed E-state index contributed by atoms with van der Waals surface area (Å²) in [5.74, 6) is -0.168. The number of carbonyl (C=O) groups excluding carboxylic acids is 2. The lowest BCUT2D eigenvalue weighted by atomic mass is 10.4. The van der Waals surface area contributed by atoms with E-state index in [0.29, 0.717) is 19.4 Å². The molecule has 0 spiro atoms. The van der Waals surface area contributed by atoms with Crippen LogP contribution in [-0.2, 0) is 16.1 Å². The van der Waals surface area contributed by atoms with Gasteiger partial charge in [0.15, 0.2) is 6.29 Å². The number of aromatic nitrogens is 3. The second-order valence-electron chi connectivity index (χ2n) is 3.16. The summed E-state index contributed by atoms with van der Waals surface area (Å²) < 4.78 is 6.16. The van der Waals surface area contributed by atoms with Crippen molar-refractivity contribution in [3.05, 3.63) is 11.9 Å². The zero-order valence-electron chi connectivity index (χ0n) is 9.05. The van der Waals surface area contributed by atoms with E-state index in [1.54, 1.807) is 7.11 Å². The Bertz CT molecular complexity index is 350. The molecule has 0 saturated heterocycles. The fourth-order valence-electron chi connectivity index (χ4n) is 1.09. The van der Waals surface area contributed by atoms with Crippen LogP contribution in [0, 0.1) is 0 Å². The Morgan fingerprint density at radius 2 is 2.50 bits per heavy atom. The van der Waals surface area contributed by atoms with Crippen molar-refractivity contribution >= 4 is 12.2 Å². The Morgan fingerprint density at radius 1 is 1.69 bits per heavy atom. The van der Waals surface area contributed by atoms with Crippen LogP contribution in [0.2, 0.25) is 0 Å². The van der Waals surface area contributed by atoms with Crippen LogP contribution in [0.3, 0.4) is 0 Å². The van der Waals surface area contributed by atoms with Gasteiger partial charge in [-0.25, -0.2) is 4.68 Å². The van der Waals surface area contributed by atoms with E-state index >= 15 is 0 Å². The summed E-state index contributed by atoms with van der Waals surface area (Å²) in [6.07, 6.45) is 2.76. The molecule has 0 aliphatic carbocycles. The van der Waals surface area contributed by atoms with E-state index in [4.69, 9.17) is 4.74 Å². The Balaban J connectivity index is 2.25. The minimum absolute atomic E-state index is 0.0633. The zero-order valence-corrected chi connectivity index (χ0v) is 9.05. The molecule has 1 aromatic heterocycles. The summed E-state index contributed by atoms with van der Waals surface area (Å²) in [5, 5.41) is 9.86. The lowest BCUT2D eigenvalue weighted by Gasteiger charge is -2.03. The quantitative estimate of drug-likeness (QED) is 0.488. The van der Waals surface area contributed by atoms with Crippen molar-refractivity contribution in [2.45, 2.75) is 13.0 Å². The maximum atomic E-state index is 11.3. The molecule has 1 heterocycles. The Kier molecular flexibility index (Phi) is 5.13. The van der Waals surface area contributed by atoms with E-state index in [0.717, 1.165) is 6.42 Å². The van der Waals surface area contributed by atoms with Crippen LogP contribution in [0.1, 0.15) is 16.9 Å². The van der Waals surface area contributed by atoms with E-state index in [1.807, 2.05) is 0 Å². The van der Waals surface area contributed by atoms with Gasteiger partial charge in [-0.3, -0.25) is 9.59 Å². The first-order valence-electron chi connectivity index (χ1n) is 4.87. The van der Waals surface area contributed by atoms with E-state index in [9.17, 15) is 9.59 Å². The molecule has 0 fully saturated rings. The molecule has 7 heteroatoms. The van der Waals surface area contributed by atoms with E-state index in [-0.39, 0.29) is 18.1 Å². The predicted octanol–water partition coefficient (Wildman–Crippen LogP) is -0.757. The SMILES string of the molecule is COCCCNC(=O)Cn1cc(C=O)nn1. The molecule has 0 atom stereocenters. The first-order valence-corrected chi connectivity index (χ1v) is 4.87. The molecule has 1 amide bonds. The van der Waals surface area contributed by atoms with Gasteiger partial charge in [-0.05, 0) is 6.42 Å². The van der Waals surface area contributed by atoms with Gasteiger partial charge >= 0.3 is 0 Å². The molecule has 0 aliphatic heterocycles. The number of aldehydes is 1. The summed E-state index contributed by atoms with van der Waals surface area (Å²) in [7, 11) is 1.61. The van der Waals surface area contributed by atoms with Crippen LogP contribution >= 0.6 is 0 Å². The number of nitrogens with zero attached hydrogens (tertiary/aromatic N) is 3. The highest BCUT2D eigenvalue weighted by Crippen LogP contribution is 1.88. The fraction of sp³-hybridized carbons (Fsp3) is 0.556. The van der Waals surface area contributed by atoms with E-state index < -0.39 is 0 Å². The van der Waals surface area contributed by atoms with Crippen molar-refractivity contribution in [3.63, 3.8) is 0 Å². The molecule has 0 unspecified atom stereocenters. The normalized spacial score (nSPS) is 10.1. The second kappa shape index (κ2) is 6.67. The fourth-order valence-corrected chi connectivity index (χ4v) is 1.09. The minimum atomic E-state index is -0.168. The predicted molar refractivity (Wildman–Crippen MR) is 54.9 cm³/mol. The number of rotatable bonds is 7. The summed E-state index contributed by atoms with van der Waals surface area (Å²) >= 11 is 0. The molecule has 1 aromatic rings. The van der Waals surface area contributed by atoms with Crippen molar-refractivity contribution in [1.29, 1.82) is 0 Å². The average Bonchev–Trinajstić information content (AvgIpc) is 2.72. The molecular formula is C9H14N4O3. The number of methoxy groups -OCH3 is 1. The summed E-state index contributed by atoms with van der Waals surface area (Å²) in [6, 6.07) is 0. The van der Waals surface area contributed by atoms with Gasteiger partial charge in [0.2, 0.25) is 5.91 Å². The Hall–Kier alpha value is -1.76. The number of nitrogens with one attached hydrogen (secondary N) is 1. The molecule has 0 bridgehead atoms. The third kappa shape index (κ3) is 4.18. The van der Waals surface area contributed by atoms with Crippen molar-refractivity contribution < 1.29 is 14.3 Å². The average molecular weight is 226 g/mol. The lowest BCUT2D eigenvalue weighted by molar-refractivity contribution is -0.121. The zero-order chi connectivity index (χ0) is 11.8. The Morgan fingerprint density at radius 3 is 3.12 bits per heavy atom. The lowest BCUT2D eigenvalue weighted by Crippen LogP contribution is -2.29. The molecule has 0 saturated carbocycles. The van der Waals surface area contributed by atoms with Gasteiger partial charge in [-0.2, -0.15) is 0 Å². The first-order chi connectivity index (χ1) is 7.76. The van der Waals surface area contributed by atoms with Gasteiger partial charge in [-0.15, -0.1) is 5.10 Å². The number of amides is 1. The highest BCUT2D eigenvalue weighted by molar-refractivity contribution is 5.76. The largest absolute Gasteiger partial charge is 0.385 e. The smallest absolute Gasteiger partial charge is 0.241 e. The number of ether oxygens (including phenoxy) is 1. The second-order valence-corrected chi connectivity index (χ2v) is 3.16. The van der Waals surface area contributed by atoms with Gasteiger partial charge in [0.1, 0.15) is 12.2 Å². The molecule has 88 valence electrons. The van der Waals surface area contributed by atoms with Gasteiger partial charge < -0.3 is 10.1 Å². The third-order valence-corrected chi connectivity index (χ3v) is 1.83. The molecule has 1 N–H and O–H groups in total. The molecule has 0 aromatic carbocycles. The summed E-state index contributed by atoms with van der Waals surface area (Å²) in [4.78, 5) is 21.7. The molecular weight excluding hydrogens is 212 g/mol. The van der Waals surface area contributed by atoms with Gasteiger partial charge in [0.05, 0.1) is 6.20 Å². The van der Waals surface area contributed by atoms with Crippen LogP contribution in [-0.4, -0.2) is 47.4 Å². The van der Waals surface area contributed by atoms with Gasteiger partial charge in [0, 0.05) is 20.3 Å². The van der Waals surface area contributed by atoms with Crippen LogP contribution in [0.25, 0.3) is 0 Å². The van der Waals surface area contributed by atoms with Crippen molar-refractivity contribution in [1.82, 2.24) is 20.3 Å². The van der Waals surface area contributed by atoms with Crippen LogP contribution in [0.4, 0.5) is 0 Å². The highest BCUT2D eigenvalue weighted by Gasteiger charge is 2.04. The van der Waals surface area contributed by atoms with Crippen molar-refractivity contribution in [3.8, 4) is 0 Å². The summed E-state index contributed by atoms with van der Waals surface area (Å²) in [5.41, 5.74) is 0.215. The van der Waals surface area contributed by atoms with Gasteiger partial charge in [0.25, 0.3) is 0 Å². The molecule has 16 heavy (non-hydrogen) atoms. The Labute approximate surface area is 92.8 Å². The van der Waals surface area contributed by atoms with E-state index in [2.05, 4.69) is 15.6 Å². The number of carbonyl (C=O) groups is 2. The van der Waals surface area contributed by atoms with E-state index in [1.165, 1.54) is 10.9 Å². The van der Waals surface area contributed by atoms with Crippen LogP contribution < -0.4 is 5.32 Å². The van der Waals surface area contributed by atoms with Crippen molar-refractivity contribution in [2.24, 2.45) is 0 Å².